The van der Waals surface area contributed by atoms with E-state index >= 15 is 0 Å². The van der Waals surface area contributed by atoms with Crippen LogP contribution in [0.15, 0.2) is 48.7 Å². The molecule has 154 valence electrons. The van der Waals surface area contributed by atoms with E-state index in [-0.39, 0.29) is 5.56 Å². The second-order valence-corrected chi connectivity index (χ2v) is 8.56. The number of alkyl halides is 3. The van der Waals surface area contributed by atoms with Crippen LogP contribution in [-0.2, 0) is 23.4 Å². The van der Waals surface area contributed by atoms with Gasteiger partial charge in [-0.1, -0.05) is 18.2 Å². The van der Waals surface area contributed by atoms with Gasteiger partial charge in [-0.15, -0.1) is 0 Å². The van der Waals surface area contributed by atoms with Crippen LogP contribution in [0.5, 0.6) is 0 Å². The lowest BCUT2D eigenvalue weighted by Crippen LogP contribution is -2.39. The lowest BCUT2D eigenvalue weighted by molar-refractivity contribution is -0.137. The van der Waals surface area contributed by atoms with Gasteiger partial charge in [0.05, 0.1) is 5.56 Å². The molecule has 0 radical (unpaired) electrons. The zero-order chi connectivity index (χ0) is 21.6. The summed E-state index contributed by atoms with van der Waals surface area (Å²) in [5, 5.41) is 0.722. The third kappa shape index (κ3) is 4.13. The van der Waals surface area contributed by atoms with Gasteiger partial charge in [-0.3, -0.25) is 4.79 Å². The Hall–Kier alpha value is -2.85. The molecule has 1 amide bonds. The fraction of sp³-hybridized carbons (Fsp3) is 0.211. The van der Waals surface area contributed by atoms with Crippen LogP contribution in [0.3, 0.4) is 0 Å². The Labute approximate surface area is 165 Å². The summed E-state index contributed by atoms with van der Waals surface area (Å²) in [6.45, 7) is 0. The van der Waals surface area contributed by atoms with Gasteiger partial charge in [0.25, 0.3) is 5.91 Å². The van der Waals surface area contributed by atoms with Gasteiger partial charge in [-0.2, -0.15) is 25.9 Å². The standard InChI is InChI=1S/C19H18F3N3O3S/c1-24(2)29(27,28)23-18(26)13-6-9-15-16(11-25(3)17(15)10-13)12-4-7-14(8-5-12)19(20,21)22/h4-11H,1-3H3,(H,23,26). The number of fused-ring (bicyclic) bond motifs is 1. The fourth-order valence-electron chi connectivity index (χ4n) is 2.86. The first kappa shape index (κ1) is 20.9. The van der Waals surface area contributed by atoms with E-state index in [0.717, 1.165) is 21.8 Å². The molecule has 0 saturated heterocycles. The summed E-state index contributed by atoms with van der Waals surface area (Å²) in [4.78, 5) is 12.3. The van der Waals surface area contributed by atoms with Crippen molar-refractivity contribution in [2.24, 2.45) is 7.05 Å². The van der Waals surface area contributed by atoms with Gasteiger partial charge < -0.3 is 4.57 Å². The number of amides is 1. The molecule has 0 bridgehead atoms. The number of nitrogens with zero attached hydrogens (tertiary/aromatic N) is 2. The highest BCUT2D eigenvalue weighted by atomic mass is 32.2. The number of halogens is 3. The Balaban J connectivity index is 1.99. The summed E-state index contributed by atoms with van der Waals surface area (Å²) in [5.41, 5.74) is 1.33. The number of aromatic nitrogens is 1. The Morgan fingerprint density at radius 3 is 2.24 bits per heavy atom. The molecule has 0 spiro atoms. The van der Waals surface area contributed by atoms with Crippen molar-refractivity contribution in [1.29, 1.82) is 0 Å². The minimum atomic E-state index is -4.41. The first-order valence-corrected chi connectivity index (χ1v) is 9.85. The van der Waals surface area contributed by atoms with E-state index in [9.17, 15) is 26.4 Å². The molecule has 0 aliphatic rings. The molecule has 2 aromatic carbocycles. The maximum Gasteiger partial charge on any atom is 0.416 e. The van der Waals surface area contributed by atoms with Crippen LogP contribution in [0.25, 0.3) is 22.0 Å². The molecule has 10 heteroatoms. The van der Waals surface area contributed by atoms with Crippen LogP contribution in [0.4, 0.5) is 13.2 Å². The number of carbonyl (C=O) groups is 1. The van der Waals surface area contributed by atoms with Gasteiger partial charge in [0, 0.05) is 49.4 Å². The Morgan fingerprint density at radius 2 is 1.69 bits per heavy atom. The highest BCUT2D eigenvalue weighted by Crippen LogP contribution is 2.34. The largest absolute Gasteiger partial charge is 0.416 e. The van der Waals surface area contributed by atoms with E-state index in [1.807, 2.05) is 4.72 Å². The molecule has 0 saturated carbocycles. The molecule has 0 unspecified atom stereocenters. The van der Waals surface area contributed by atoms with Crippen molar-refractivity contribution in [2.45, 2.75) is 6.18 Å². The van der Waals surface area contributed by atoms with Gasteiger partial charge in [0.15, 0.2) is 0 Å². The van der Waals surface area contributed by atoms with Crippen LogP contribution in [0, 0.1) is 0 Å². The zero-order valence-electron chi connectivity index (χ0n) is 15.8. The van der Waals surface area contributed by atoms with E-state index in [0.29, 0.717) is 16.6 Å². The molecule has 6 nitrogen and oxygen atoms in total. The number of nitrogens with one attached hydrogen (secondary N) is 1. The lowest BCUT2D eigenvalue weighted by Gasteiger charge is -2.12. The molecule has 0 aliphatic heterocycles. The molecule has 0 aliphatic carbocycles. The van der Waals surface area contributed by atoms with Crippen molar-refractivity contribution >= 4 is 27.0 Å². The Morgan fingerprint density at radius 1 is 1.07 bits per heavy atom. The van der Waals surface area contributed by atoms with Gasteiger partial charge >= 0.3 is 16.4 Å². The van der Waals surface area contributed by atoms with Gasteiger partial charge in [-0.25, -0.2) is 4.72 Å². The molecular weight excluding hydrogens is 407 g/mol. The number of aryl methyl sites for hydroxylation is 1. The first-order valence-electron chi connectivity index (χ1n) is 8.41. The van der Waals surface area contributed by atoms with Crippen molar-refractivity contribution in [3.63, 3.8) is 0 Å². The second kappa shape index (κ2) is 7.20. The summed E-state index contributed by atoms with van der Waals surface area (Å²) in [6, 6.07) is 9.45. The van der Waals surface area contributed by atoms with E-state index in [1.54, 1.807) is 23.9 Å². The molecule has 3 aromatic rings. The normalized spacial score (nSPS) is 12.5. The van der Waals surface area contributed by atoms with E-state index < -0.39 is 27.9 Å². The Bertz CT molecular complexity index is 1180. The minimum absolute atomic E-state index is 0.142. The average molecular weight is 425 g/mol. The third-order valence-corrected chi connectivity index (χ3v) is 5.88. The smallest absolute Gasteiger partial charge is 0.350 e. The number of rotatable bonds is 4. The quantitative estimate of drug-likeness (QED) is 0.697. The van der Waals surface area contributed by atoms with Crippen molar-refractivity contribution in [2.75, 3.05) is 14.1 Å². The molecule has 1 heterocycles. The number of benzene rings is 2. The predicted molar refractivity (Wildman–Crippen MR) is 103 cm³/mol. The monoisotopic (exact) mass is 425 g/mol. The van der Waals surface area contributed by atoms with E-state index in [4.69, 9.17) is 0 Å². The summed E-state index contributed by atoms with van der Waals surface area (Å²) in [7, 11) is 0.398. The van der Waals surface area contributed by atoms with Crippen LogP contribution in [0.2, 0.25) is 0 Å². The Kier molecular flexibility index (Phi) is 5.18. The van der Waals surface area contributed by atoms with Gasteiger partial charge in [0.2, 0.25) is 0 Å². The lowest BCUT2D eigenvalue weighted by atomic mass is 10.0. The maximum absolute atomic E-state index is 12.8. The topological polar surface area (TPSA) is 71.4 Å². The summed E-state index contributed by atoms with van der Waals surface area (Å²) >= 11 is 0. The van der Waals surface area contributed by atoms with Crippen LogP contribution < -0.4 is 4.72 Å². The minimum Gasteiger partial charge on any atom is -0.350 e. The zero-order valence-corrected chi connectivity index (χ0v) is 16.6. The molecule has 1 N–H and O–H groups in total. The highest BCUT2D eigenvalue weighted by molar-refractivity contribution is 7.87. The van der Waals surface area contributed by atoms with Crippen molar-refractivity contribution in [3.05, 3.63) is 59.8 Å². The fourth-order valence-corrected chi connectivity index (χ4v) is 3.40. The third-order valence-electron chi connectivity index (χ3n) is 4.48. The molecule has 0 fully saturated rings. The molecule has 29 heavy (non-hydrogen) atoms. The number of carbonyl (C=O) groups excluding carboxylic acids is 1. The van der Waals surface area contributed by atoms with Crippen LogP contribution >= 0.6 is 0 Å². The number of hydrogen-bond donors (Lipinski definition) is 1. The maximum atomic E-state index is 12.8. The SMILES string of the molecule is CN(C)S(=O)(=O)NC(=O)c1ccc2c(-c3ccc(C(F)(F)F)cc3)cn(C)c2c1. The van der Waals surface area contributed by atoms with Gasteiger partial charge in [0.1, 0.15) is 0 Å². The summed E-state index contributed by atoms with van der Waals surface area (Å²) in [5.74, 6) is -0.780. The average Bonchev–Trinajstić information content (AvgIpc) is 2.97. The van der Waals surface area contributed by atoms with Crippen LogP contribution in [-0.4, -0.2) is 37.3 Å². The second-order valence-electron chi connectivity index (χ2n) is 6.68. The van der Waals surface area contributed by atoms with Crippen molar-refractivity contribution in [3.8, 4) is 11.1 Å². The molecule has 1 aromatic heterocycles. The van der Waals surface area contributed by atoms with E-state index in [1.165, 1.54) is 38.4 Å². The summed E-state index contributed by atoms with van der Waals surface area (Å²) < 4.78 is 66.6. The van der Waals surface area contributed by atoms with Gasteiger partial charge in [-0.05, 0) is 29.8 Å². The molecule has 0 atom stereocenters. The number of hydrogen-bond acceptors (Lipinski definition) is 3. The van der Waals surface area contributed by atoms with Crippen LogP contribution in [0.1, 0.15) is 15.9 Å². The van der Waals surface area contributed by atoms with E-state index in [2.05, 4.69) is 0 Å². The molecule has 3 rings (SSSR count). The van der Waals surface area contributed by atoms with Crippen molar-refractivity contribution < 1.29 is 26.4 Å². The summed E-state index contributed by atoms with van der Waals surface area (Å²) in [6.07, 6.45) is -2.67. The molecular formula is C19H18F3N3O3S. The first-order chi connectivity index (χ1) is 13.4. The highest BCUT2D eigenvalue weighted by Gasteiger charge is 2.30. The predicted octanol–water partition coefficient (Wildman–Crippen LogP) is 3.40. The van der Waals surface area contributed by atoms with Crippen molar-refractivity contribution in [1.82, 2.24) is 13.6 Å².